The third-order valence-corrected chi connectivity index (χ3v) is 5.33. The summed E-state index contributed by atoms with van der Waals surface area (Å²) in [5.41, 5.74) is -0.415. The van der Waals surface area contributed by atoms with Gasteiger partial charge in [-0.05, 0) is 36.7 Å². The molecule has 8 heteroatoms. The molecule has 2 aromatic heterocycles. The van der Waals surface area contributed by atoms with Crippen molar-refractivity contribution in [1.82, 2.24) is 18.8 Å². The largest absolute Gasteiger partial charge is 0.338 e. The van der Waals surface area contributed by atoms with Crippen LogP contribution in [0, 0.1) is 5.92 Å². The van der Waals surface area contributed by atoms with Gasteiger partial charge in [0.05, 0.1) is 5.52 Å². The molecule has 0 bridgehead atoms. The first kappa shape index (κ1) is 16.9. The lowest BCUT2D eigenvalue weighted by molar-refractivity contribution is 0.0689. The van der Waals surface area contributed by atoms with Crippen molar-refractivity contribution in [2.24, 2.45) is 5.92 Å². The van der Waals surface area contributed by atoms with Gasteiger partial charge in [0.15, 0.2) is 5.52 Å². The number of amides is 1. The van der Waals surface area contributed by atoms with E-state index in [2.05, 4.69) is 16.3 Å². The smallest absolute Gasteiger partial charge is 0.328 e. The van der Waals surface area contributed by atoms with Crippen LogP contribution in [0.3, 0.4) is 0 Å². The molecule has 1 aliphatic rings. The third kappa shape index (κ3) is 3.02. The summed E-state index contributed by atoms with van der Waals surface area (Å²) in [4.78, 5) is 42.3. The minimum absolute atomic E-state index is 0.143. The highest BCUT2D eigenvalue weighted by Crippen LogP contribution is 2.23. The molecule has 1 N–H and O–H groups in total. The van der Waals surface area contributed by atoms with E-state index in [9.17, 15) is 14.4 Å². The van der Waals surface area contributed by atoms with Crippen molar-refractivity contribution in [1.29, 1.82) is 0 Å². The number of carbonyl (C=O) groups excluding carboxylic acids is 1. The van der Waals surface area contributed by atoms with E-state index in [1.54, 1.807) is 4.90 Å². The van der Waals surface area contributed by atoms with Gasteiger partial charge in [0.25, 0.3) is 11.5 Å². The number of rotatable bonds is 4. The molecule has 2 aromatic rings. The topological polar surface area (TPSA) is 88.1 Å². The van der Waals surface area contributed by atoms with Crippen LogP contribution in [0.4, 0.5) is 0 Å². The fourth-order valence-electron chi connectivity index (χ4n) is 3.13. The van der Waals surface area contributed by atoms with Gasteiger partial charge >= 0.3 is 5.69 Å². The summed E-state index contributed by atoms with van der Waals surface area (Å²) in [7, 11) is 0. The highest BCUT2D eigenvalue weighted by atomic mass is 32.1. The Hall–Kier alpha value is -1.96. The lowest BCUT2D eigenvalue weighted by Crippen LogP contribution is -2.39. The van der Waals surface area contributed by atoms with Gasteiger partial charge in [0, 0.05) is 19.6 Å². The van der Waals surface area contributed by atoms with Gasteiger partial charge in [-0.25, -0.2) is 4.79 Å². The second-order valence-electron chi connectivity index (χ2n) is 6.47. The molecule has 0 aliphatic carbocycles. The molecule has 1 saturated heterocycles. The maximum atomic E-state index is 12.8. The van der Waals surface area contributed by atoms with Crippen LogP contribution in [0.25, 0.3) is 11.0 Å². The second-order valence-corrected chi connectivity index (χ2v) is 7.25. The zero-order valence-electron chi connectivity index (χ0n) is 14.0. The number of H-pyrrole nitrogens is 1. The van der Waals surface area contributed by atoms with E-state index in [1.165, 1.54) is 4.57 Å². The number of nitrogens with one attached hydrogen (secondary N) is 1. The number of carbonyl (C=O) groups is 1. The minimum Gasteiger partial charge on any atom is -0.338 e. The van der Waals surface area contributed by atoms with E-state index in [1.807, 2.05) is 6.92 Å². The summed E-state index contributed by atoms with van der Waals surface area (Å²) in [6.45, 7) is 5.90. The van der Waals surface area contributed by atoms with E-state index in [0.29, 0.717) is 30.4 Å². The normalized spacial score (nSPS) is 18.2. The molecule has 7 nitrogen and oxygen atoms in total. The van der Waals surface area contributed by atoms with Crippen LogP contribution < -0.4 is 11.2 Å². The van der Waals surface area contributed by atoms with Crippen molar-refractivity contribution in [3.8, 4) is 0 Å². The average Bonchev–Trinajstić information content (AvgIpc) is 2.98. The minimum atomic E-state index is -0.470. The standard InChI is InChI=1S/C16H22N4O3S/c1-3-4-8-20-14(21)12-11(17-16(20)23)13(24-18-12)15(22)19-7-5-6-10(2)9-19/h10H,3-9H2,1-2H3,(H,17,23)/t10-/m1/s1. The van der Waals surface area contributed by atoms with E-state index in [4.69, 9.17) is 0 Å². The van der Waals surface area contributed by atoms with Crippen LogP contribution in [-0.4, -0.2) is 37.8 Å². The summed E-state index contributed by atoms with van der Waals surface area (Å²) < 4.78 is 5.32. The lowest BCUT2D eigenvalue weighted by atomic mass is 10.0. The van der Waals surface area contributed by atoms with Gasteiger partial charge < -0.3 is 9.88 Å². The number of fused-ring (bicyclic) bond motifs is 1. The first-order valence-corrected chi connectivity index (χ1v) is 9.22. The Labute approximate surface area is 143 Å². The average molecular weight is 350 g/mol. The van der Waals surface area contributed by atoms with Crippen molar-refractivity contribution in [2.45, 2.75) is 46.1 Å². The van der Waals surface area contributed by atoms with Gasteiger partial charge in [-0.1, -0.05) is 20.3 Å². The number of aromatic nitrogens is 3. The van der Waals surface area contributed by atoms with Crippen molar-refractivity contribution in [3.63, 3.8) is 0 Å². The van der Waals surface area contributed by atoms with Crippen molar-refractivity contribution < 1.29 is 4.79 Å². The molecular formula is C16H22N4O3S. The summed E-state index contributed by atoms with van der Waals surface area (Å²) in [5, 5.41) is 0. The van der Waals surface area contributed by atoms with Gasteiger partial charge in [-0.3, -0.25) is 14.2 Å². The van der Waals surface area contributed by atoms with Crippen molar-refractivity contribution in [3.05, 3.63) is 25.7 Å². The van der Waals surface area contributed by atoms with Crippen LogP contribution in [0.5, 0.6) is 0 Å². The molecule has 130 valence electrons. The maximum Gasteiger partial charge on any atom is 0.328 e. The predicted octanol–water partition coefficient (Wildman–Crippen LogP) is 1.82. The SMILES string of the molecule is CCCCn1c(=O)[nH]c2c(C(=O)N3CCC[C@@H](C)C3)snc2c1=O. The lowest BCUT2D eigenvalue weighted by Gasteiger charge is -2.30. The summed E-state index contributed by atoms with van der Waals surface area (Å²) in [5.74, 6) is 0.322. The van der Waals surface area contributed by atoms with Gasteiger partial charge in [-0.15, -0.1) is 0 Å². The molecule has 3 rings (SSSR count). The van der Waals surface area contributed by atoms with Crippen LogP contribution in [0.2, 0.25) is 0 Å². The zero-order chi connectivity index (χ0) is 17.3. The number of hydrogen-bond acceptors (Lipinski definition) is 5. The van der Waals surface area contributed by atoms with Gasteiger partial charge in [-0.2, -0.15) is 4.37 Å². The van der Waals surface area contributed by atoms with E-state index >= 15 is 0 Å². The molecule has 24 heavy (non-hydrogen) atoms. The first-order chi connectivity index (χ1) is 11.5. The van der Waals surface area contributed by atoms with Gasteiger partial charge in [0.2, 0.25) is 0 Å². The molecule has 1 aliphatic heterocycles. The molecule has 0 unspecified atom stereocenters. The highest BCUT2D eigenvalue weighted by molar-refractivity contribution is 7.09. The number of hydrogen-bond donors (Lipinski definition) is 1. The molecule has 0 aromatic carbocycles. The zero-order valence-corrected chi connectivity index (χ0v) is 14.8. The molecule has 1 fully saturated rings. The number of unbranched alkanes of at least 4 members (excludes halogenated alkanes) is 1. The molecule has 1 atom stereocenters. The highest BCUT2D eigenvalue weighted by Gasteiger charge is 2.26. The molecule has 1 amide bonds. The Balaban J connectivity index is 2.00. The third-order valence-electron chi connectivity index (χ3n) is 4.49. The Kier molecular flexibility index (Phi) is 4.84. The summed E-state index contributed by atoms with van der Waals surface area (Å²) in [6, 6.07) is 0. The Bertz CT molecular complexity index is 866. The molecule has 0 radical (unpaired) electrons. The number of nitrogens with zero attached hydrogens (tertiary/aromatic N) is 3. The molecule has 0 spiro atoms. The van der Waals surface area contributed by atoms with E-state index in [0.717, 1.165) is 37.2 Å². The molecule has 3 heterocycles. The Morgan fingerprint density at radius 1 is 1.42 bits per heavy atom. The second kappa shape index (κ2) is 6.88. The van der Waals surface area contributed by atoms with Crippen LogP contribution >= 0.6 is 11.5 Å². The predicted molar refractivity (Wildman–Crippen MR) is 93.7 cm³/mol. The van der Waals surface area contributed by atoms with E-state index in [-0.39, 0.29) is 16.9 Å². The maximum absolute atomic E-state index is 12.8. The quantitative estimate of drug-likeness (QED) is 0.911. The summed E-state index contributed by atoms with van der Waals surface area (Å²) >= 11 is 0.997. The van der Waals surface area contributed by atoms with Crippen LogP contribution in [0.1, 0.15) is 49.2 Å². The number of aromatic amines is 1. The number of piperidine rings is 1. The fraction of sp³-hybridized carbons (Fsp3) is 0.625. The summed E-state index contributed by atoms with van der Waals surface area (Å²) in [6.07, 6.45) is 3.73. The van der Waals surface area contributed by atoms with Crippen molar-refractivity contribution >= 4 is 28.5 Å². The van der Waals surface area contributed by atoms with Crippen LogP contribution in [0.15, 0.2) is 9.59 Å². The van der Waals surface area contributed by atoms with E-state index < -0.39 is 11.2 Å². The van der Waals surface area contributed by atoms with Crippen LogP contribution in [-0.2, 0) is 6.54 Å². The number of likely N-dealkylation sites (tertiary alicyclic amines) is 1. The monoisotopic (exact) mass is 350 g/mol. The first-order valence-electron chi connectivity index (χ1n) is 8.44. The Morgan fingerprint density at radius 3 is 2.92 bits per heavy atom. The Morgan fingerprint density at radius 2 is 2.21 bits per heavy atom. The molecular weight excluding hydrogens is 328 g/mol. The van der Waals surface area contributed by atoms with Gasteiger partial charge in [0.1, 0.15) is 4.88 Å². The van der Waals surface area contributed by atoms with Crippen molar-refractivity contribution in [2.75, 3.05) is 13.1 Å². The fourth-order valence-corrected chi connectivity index (χ4v) is 3.93. The molecule has 0 saturated carbocycles.